The average Bonchev–Trinajstić information content (AvgIpc) is 3.02. The first-order valence-corrected chi connectivity index (χ1v) is 7.99. The van der Waals surface area contributed by atoms with Crippen molar-refractivity contribution >= 4 is 12.1 Å². The lowest BCUT2D eigenvalue weighted by Gasteiger charge is -2.22. The van der Waals surface area contributed by atoms with Crippen molar-refractivity contribution in [3.05, 3.63) is 35.9 Å². The van der Waals surface area contributed by atoms with E-state index in [2.05, 4.69) is 0 Å². The van der Waals surface area contributed by atoms with Crippen LogP contribution in [-0.2, 0) is 25.6 Å². The first-order chi connectivity index (χ1) is 11.6. The van der Waals surface area contributed by atoms with Gasteiger partial charge in [-0.25, -0.2) is 9.59 Å². The molecule has 132 valence electrons. The molecule has 0 spiro atoms. The number of aliphatic hydroxyl groups is 1. The van der Waals surface area contributed by atoms with E-state index in [0.717, 1.165) is 5.56 Å². The van der Waals surface area contributed by atoms with Crippen molar-refractivity contribution in [2.45, 2.75) is 32.1 Å². The van der Waals surface area contributed by atoms with Crippen LogP contribution in [-0.4, -0.2) is 60.6 Å². The van der Waals surface area contributed by atoms with Crippen molar-refractivity contribution in [2.24, 2.45) is 0 Å². The fourth-order valence-corrected chi connectivity index (χ4v) is 2.58. The third-order valence-electron chi connectivity index (χ3n) is 3.77. The number of ether oxygens (including phenoxy) is 3. The number of amides is 1. The van der Waals surface area contributed by atoms with E-state index in [1.54, 1.807) is 6.92 Å². The summed E-state index contributed by atoms with van der Waals surface area (Å²) in [6.45, 7) is 2.12. The molecular weight excluding hydrogens is 314 g/mol. The van der Waals surface area contributed by atoms with Crippen molar-refractivity contribution in [1.29, 1.82) is 0 Å². The van der Waals surface area contributed by atoms with E-state index < -0.39 is 12.1 Å². The monoisotopic (exact) mass is 337 g/mol. The molecule has 1 N–H and O–H groups in total. The van der Waals surface area contributed by atoms with Crippen LogP contribution in [0.15, 0.2) is 30.3 Å². The summed E-state index contributed by atoms with van der Waals surface area (Å²) in [4.78, 5) is 25.0. The number of carbonyl (C=O) groups excluding carboxylic acids is 2. The summed E-state index contributed by atoms with van der Waals surface area (Å²) < 4.78 is 15.5. The summed E-state index contributed by atoms with van der Waals surface area (Å²) in [7, 11) is 0. The van der Waals surface area contributed by atoms with Gasteiger partial charge in [-0.15, -0.1) is 0 Å². The van der Waals surface area contributed by atoms with Crippen LogP contribution in [0.3, 0.4) is 0 Å². The Balaban J connectivity index is 1.82. The number of aliphatic hydroxyl groups excluding tert-OH is 1. The minimum Gasteiger partial charge on any atom is -0.464 e. The molecule has 0 saturated carbocycles. The van der Waals surface area contributed by atoms with Gasteiger partial charge in [-0.1, -0.05) is 30.3 Å². The first kappa shape index (κ1) is 18.2. The molecule has 1 aliphatic heterocycles. The maximum Gasteiger partial charge on any atom is 0.410 e. The molecule has 1 aromatic rings. The summed E-state index contributed by atoms with van der Waals surface area (Å²) in [6, 6.07) is 8.99. The highest BCUT2D eigenvalue weighted by Crippen LogP contribution is 2.21. The molecule has 2 unspecified atom stereocenters. The Labute approximate surface area is 141 Å². The fourth-order valence-electron chi connectivity index (χ4n) is 2.58. The molecule has 1 aromatic carbocycles. The fraction of sp³-hybridized carbons (Fsp3) is 0.529. The highest BCUT2D eigenvalue weighted by molar-refractivity contribution is 5.70. The van der Waals surface area contributed by atoms with Crippen molar-refractivity contribution in [2.75, 3.05) is 26.4 Å². The third kappa shape index (κ3) is 5.21. The Morgan fingerprint density at radius 3 is 2.67 bits per heavy atom. The molecule has 1 amide bonds. The van der Waals surface area contributed by atoms with Gasteiger partial charge in [0.2, 0.25) is 0 Å². The van der Waals surface area contributed by atoms with Crippen LogP contribution in [0.5, 0.6) is 0 Å². The second-order valence-electron chi connectivity index (χ2n) is 5.50. The van der Waals surface area contributed by atoms with Crippen LogP contribution in [0.4, 0.5) is 4.79 Å². The maximum atomic E-state index is 12.2. The molecular formula is C17H23NO6. The van der Waals surface area contributed by atoms with Crippen molar-refractivity contribution in [3.63, 3.8) is 0 Å². The zero-order chi connectivity index (χ0) is 17.4. The van der Waals surface area contributed by atoms with Gasteiger partial charge in [-0.2, -0.15) is 0 Å². The molecule has 2 atom stereocenters. The molecule has 1 saturated heterocycles. The van der Waals surface area contributed by atoms with E-state index in [1.165, 1.54) is 4.90 Å². The predicted octanol–water partition coefficient (Wildman–Crippen LogP) is 1.34. The number of hydrogen-bond acceptors (Lipinski definition) is 6. The van der Waals surface area contributed by atoms with Gasteiger partial charge >= 0.3 is 12.1 Å². The predicted molar refractivity (Wildman–Crippen MR) is 85.2 cm³/mol. The van der Waals surface area contributed by atoms with Crippen molar-refractivity contribution < 1.29 is 28.9 Å². The lowest BCUT2D eigenvalue weighted by atomic mass is 10.2. The van der Waals surface area contributed by atoms with E-state index in [4.69, 9.17) is 14.2 Å². The van der Waals surface area contributed by atoms with E-state index in [0.29, 0.717) is 13.0 Å². The summed E-state index contributed by atoms with van der Waals surface area (Å²) in [6.07, 6.45) is -0.368. The smallest absolute Gasteiger partial charge is 0.410 e. The number of rotatable bonds is 7. The van der Waals surface area contributed by atoms with Gasteiger partial charge in [0, 0.05) is 0 Å². The molecule has 1 heterocycles. The van der Waals surface area contributed by atoms with Crippen LogP contribution in [0.25, 0.3) is 0 Å². The average molecular weight is 337 g/mol. The zero-order valence-corrected chi connectivity index (χ0v) is 13.7. The van der Waals surface area contributed by atoms with Crippen LogP contribution in [0.2, 0.25) is 0 Å². The molecule has 24 heavy (non-hydrogen) atoms. The normalized spacial score (nSPS) is 20.0. The minimum atomic E-state index is -0.500. The Kier molecular flexibility index (Phi) is 7.02. The zero-order valence-electron chi connectivity index (χ0n) is 13.7. The molecule has 0 radical (unpaired) electrons. The SMILES string of the molecule is CCOC(=O)COC1CC(CO)N(C(=O)OCc2ccccc2)C1. The van der Waals surface area contributed by atoms with Crippen molar-refractivity contribution in [1.82, 2.24) is 4.90 Å². The highest BCUT2D eigenvalue weighted by Gasteiger charge is 2.36. The van der Waals surface area contributed by atoms with Crippen LogP contribution < -0.4 is 0 Å². The first-order valence-electron chi connectivity index (χ1n) is 7.99. The molecule has 0 aromatic heterocycles. The summed E-state index contributed by atoms with van der Waals surface area (Å²) >= 11 is 0. The number of nitrogens with zero attached hydrogens (tertiary/aromatic N) is 1. The van der Waals surface area contributed by atoms with Crippen molar-refractivity contribution in [3.8, 4) is 0 Å². The van der Waals surface area contributed by atoms with Gasteiger partial charge in [0.25, 0.3) is 0 Å². The molecule has 0 aliphatic carbocycles. The lowest BCUT2D eigenvalue weighted by Crippen LogP contribution is -2.38. The number of carbonyl (C=O) groups is 2. The second-order valence-corrected chi connectivity index (χ2v) is 5.50. The molecule has 1 fully saturated rings. The summed E-state index contributed by atoms with van der Waals surface area (Å²) in [5.74, 6) is -0.442. The van der Waals surface area contributed by atoms with Gasteiger partial charge < -0.3 is 24.2 Å². The Morgan fingerprint density at radius 1 is 1.25 bits per heavy atom. The number of hydrogen-bond donors (Lipinski definition) is 1. The van der Waals surface area contributed by atoms with E-state index in [1.807, 2.05) is 30.3 Å². The van der Waals surface area contributed by atoms with Gasteiger partial charge in [-0.3, -0.25) is 0 Å². The molecule has 0 bridgehead atoms. The van der Waals surface area contributed by atoms with E-state index >= 15 is 0 Å². The second kappa shape index (κ2) is 9.24. The maximum absolute atomic E-state index is 12.2. The molecule has 7 nitrogen and oxygen atoms in total. The summed E-state index contributed by atoms with van der Waals surface area (Å²) in [5, 5.41) is 9.45. The van der Waals surface area contributed by atoms with Crippen LogP contribution in [0.1, 0.15) is 18.9 Å². The van der Waals surface area contributed by atoms with E-state index in [9.17, 15) is 14.7 Å². The molecule has 7 heteroatoms. The Bertz CT molecular complexity index is 535. The van der Waals surface area contributed by atoms with E-state index in [-0.39, 0.29) is 38.5 Å². The van der Waals surface area contributed by atoms with Gasteiger partial charge in [-0.05, 0) is 18.9 Å². The lowest BCUT2D eigenvalue weighted by molar-refractivity contribution is -0.150. The quantitative estimate of drug-likeness (QED) is 0.756. The highest BCUT2D eigenvalue weighted by atomic mass is 16.6. The summed E-state index contributed by atoms with van der Waals surface area (Å²) in [5.41, 5.74) is 0.890. The van der Waals surface area contributed by atoms with Gasteiger partial charge in [0.05, 0.1) is 31.9 Å². The largest absolute Gasteiger partial charge is 0.464 e. The third-order valence-corrected chi connectivity index (χ3v) is 3.77. The number of likely N-dealkylation sites (tertiary alicyclic amines) is 1. The minimum absolute atomic E-state index is 0.163. The van der Waals surface area contributed by atoms with Crippen LogP contribution in [0, 0.1) is 0 Å². The van der Waals surface area contributed by atoms with Gasteiger partial charge in [0.15, 0.2) is 0 Å². The Hall–Kier alpha value is -2.12. The number of benzene rings is 1. The Morgan fingerprint density at radius 2 is 2.00 bits per heavy atom. The number of esters is 1. The molecule has 2 rings (SSSR count). The topological polar surface area (TPSA) is 85.3 Å². The van der Waals surface area contributed by atoms with Crippen LogP contribution >= 0.6 is 0 Å². The standard InChI is InChI=1S/C17H23NO6/c1-2-22-16(20)12-23-15-8-14(10-19)18(9-15)17(21)24-11-13-6-4-3-5-7-13/h3-7,14-15,19H,2,8-12H2,1H3. The van der Waals surface area contributed by atoms with Gasteiger partial charge in [0.1, 0.15) is 13.2 Å². The molecule has 1 aliphatic rings.